The van der Waals surface area contributed by atoms with Gasteiger partial charge in [0, 0.05) is 12.7 Å². The van der Waals surface area contributed by atoms with Gasteiger partial charge in [-0.25, -0.2) is 4.98 Å². The predicted molar refractivity (Wildman–Crippen MR) is 71.6 cm³/mol. The van der Waals surface area contributed by atoms with Crippen LogP contribution >= 0.6 is 12.2 Å². The summed E-state index contributed by atoms with van der Waals surface area (Å²) in [5, 5.41) is 0. The van der Waals surface area contributed by atoms with Gasteiger partial charge in [0.15, 0.2) is 10.4 Å². The van der Waals surface area contributed by atoms with Crippen molar-refractivity contribution in [2.75, 3.05) is 0 Å². The Balaban J connectivity index is 2.09. The first-order valence-corrected chi connectivity index (χ1v) is 6.53. The molecule has 0 amide bonds. The molecule has 0 aromatic carbocycles. The fraction of sp³-hybridized carbons (Fsp3) is 0.538. The fourth-order valence-corrected chi connectivity index (χ4v) is 2.88. The maximum atomic E-state index is 5.40. The molecule has 0 spiro atoms. The summed E-state index contributed by atoms with van der Waals surface area (Å²) in [6.07, 6.45) is 5.85. The van der Waals surface area contributed by atoms with E-state index in [0.717, 1.165) is 28.0 Å². The molecule has 3 rings (SSSR count). The van der Waals surface area contributed by atoms with Crippen molar-refractivity contribution in [2.45, 2.75) is 39.7 Å². The Hall–Kier alpha value is -1.16. The molecule has 1 saturated carbocycles. The lowest BCUT2D eigenvalue weighted by molar-refractivity contribution is 0.133. The third-order valence-corrected chi connectivity index (χ3v) is 4.17. The highest BCUT2D eigenvalue weighted by Gasteiger charge is 2.32. The second kappa shape index (κ2) is 3.67. The minimum atomic E-state index is 0.417. The van der Waals surface area contributed by atoms with E-state index in [9.17, 15) is 0 Å². The molecular formula is C13H17N3S. The molecular weight excluding hydrogens is 230 g/mol. The highest BCUT2D eigenvalue weighted by Crippen LogP contribution is 2.42. The summed E-state index contributed by atoms with van der Waals surface area (Å²) >= 11 is 5.40. The van der Waals surface area contributed by atoms with Gasteiger partial charge < -0.3 is 9.55 Å². The van der Waals surface area contributed by atoms with Gasteiger partial charge in [-0.3, -0.25) is 0 Å². The Morgan fingerprint density at radius 1 is 1.53 bits per heavy atom. The largest absolute Gasteiger partial charge is 0.329 e. The normalized spacial score (nSPS) is 18.2. The molecule has 2 aromatic heterocycles. The first kappa shape index (κ1) is 11.0. The number of imidazole rings is 1. The Labute approximate surface area is 106 Å². The number of pyridine rings is 1. The number of aromatic amines is 1. The minimum absolute atomic E-state index is 0.417. The van der Waals surface area contributed by atoms with Gasteiger partial charge in [-0.15, -0.1) is 0 Å². The van der Waals surface area contributed by atoms with E-state index in [4.69, 9.17) is 12.2 Å². The first-order valence-electron chi connectivity index (χ1n) is 6.13. The van der Waals surface area contributed by atoms with Crippen molar-refractivity contribution in [1.82, 2.24) is 14.5 Å². The molecule has 3 nitrogen and oxygen atoms in total. The van der Waals surface area contributed by atoms with E-state index in [-0.39, 0.29) is 0 Å². The summed E-state index contributed by atoms with van der Waals surface area (Å²) in [5.74, 6) is 0. The average molecular weight is 247 g/mol. The van der Waals surface area contributed by atoms with Crippen molar-refractivity contribution in [3.8, 4) is 0 Å². The summed E-state index contributed by atoms with van der Waals surface area (Å²) in [6, 6.07) is 2.11. The number of hydrogen-bond donors (Lipinski definition) is 1. The lowest BCUT2D eigenvalue weighted by Crippen LogP contribution is -2.30. The van der Waals surface area contributed by atoms with Gasteiger partial charge in [-0.2, -0.15) is 0 Å². The van der Waals surface area contributed by atoms with E-state index < -0.39 is 0 Å². The Morgan fingerprint density at radius 2 is 2.29 bits per heavy atom. The third kappa shape index (κ3) is 1.80. The summed E-state index contributed by atoms with van der Waals surface area (Å²) in [4.78, 5) is 7.76. The van der Waals surface area contributed by atoms with E-state index in [1.165, 1.54) is 19.3 Å². The van der Waals surface area contributed by atoms with Crippen molar-refractivity contribution in [3.05, 3.63) is 22.6 Å². The zero-order valence-electron chi connectivity index (χ0n) is 10.3. The predicted octanol–water partition coefficient (Wildman–Crippen LogP) is 3.59. The standard InChI is InChI=1S/C13H17N3S/c1-9-6-10-11(14-7-9)16(12(17)15-10)8-13(2)4-3-5-13/h6-7H,3-5,8H2,1-2H3,(H,15,17). The van der Waals surface area contributed by atoms with Crippen LogP contribution in [0.1, 0.15) is 31.7 Å². The summed E-state index contributed by atoms with van der Waals surface area (Å²) in [6.45, 7) is 5.38. The SMILES string of the molecule is Cc1cnc2c(c1)[nH]c(=S)n2CC1(C)CCC1. The lowest BCUT2D eigenvalue weighted by Gasteiger charge is -2.38. The van der Waals surface area contributed by atoms with Crippen LogP contribution in [0.2, 0.25) is 0 Å². The minimum Gasteiger partial charge on any atom is -0.329 e. The number of aryl methyl sites for hydroxylation is 1. The fourth-order valence-electron chi connectivity index (χ4n) is 2.61. The van der Waals surface area contributed by atoms with Crippen LogP contribution in [-0.2, 0) is 6.54 Å². The molecule has 1 aliphatic rings. The molecule has 0 saturated heterocycles. The molecule has 0 aliphatic heterocycles. The highest BCUT2D eigenvalue weighted by atomic mass is 32.1. The van der Waals surface area contributed by atoms with E-state index in [1.807, 2.05) is 13.1 Å². The van der Waals surface area contributed by atoms with Crippen molar-refractivity contribution >= 4 is 23.4 Å². The van der Waals surface area contributed by atoms with Crippen LogP contribution in [0.4, 0.5) is 0 Å². The van der Waals surface area contributed by atoms with Crippen molar-refractivity contribution in [2.24, 2.45) is 5.41 Å². The molecule has 1 fully saturated rings. The Morgan fingerprint density at radius 3 is 2.94 bits per heavy atom. The van der Waals surface area contributed by atoms with Gasteiger partial charge in [0.2, 0.25) is 0 Å². The Kier molecular flexibility index (Phi) is 2.36. The number of aromatic nitrogens is 3. The smallest absolute Gasteiger partial charge is 0.179 e. The Bertz CT molecular complexity index is 619. The molecule has 2 heterocycles. The molecule has 0 atom stereocenters. The maximum absolute atomic E-state index is 5.40. The van der Waals surface area contributed by atoms with Crippen molar-refractivity contribution in [3.63, 3.8) is 0 Å². The summed E-state index contributed by atoms with van der Waals surface area (Å²) in [7, 11) is 0. The van der Waals surface area contributed by atoms with E-state index in [0.29, 0.717) is 5.41 Å². The number of fused-ring (bicyclic) bond motifs is 1. The van der Waals surface area contributed by atoms with Gasteiger partial charge in [-0.1, -0.05) is 13.3 Å². The second-order valence-corrected chi connectivity index (χ2v) is 5.95. The third-order valence-electron chi connectivity index (χ3n) is 3.85. The number of H-pyrrole nitrogens is 1. The monoisotopic (exact) mass is 247 g/mol. The molecule has 2 aromatic rings. The first-order chi connectivity index (χ1) is 8.07. The van der Waals surface area contributed by atoms with Gasteiger partial charge in [-0.05, 0) is 49.0 Å². The zero-order valence-corrected chi connectivity index (χ0v) is 11.1. The molecule has 0 radical (unpaired) electrons. The van der Waals surface area contributed by atoms with Crippen molar-refractivity contribution in [1.29, 1.82) is 0 Å². The summed E-state index contributed by atoms with van der Waals surface area (Å²) < 4.78 is 2.95. The quantitative estimate of drug-likeness (QED) is 0.823. The number of rotatable bonds is 2. The van der Waals surface area contributed by atoms with Crippen LogP contribution in [0.25, 0.3) is 11.2 Å². The van der Waals surface area contributed by atoms with Gasteiger partial charge in [0.25, 0.3) is 0 Å². The number of nitrogens with zero attached hydrogens (tertiary/aromatic N) is 2. The molecule has 1 aliphatic carbocycles. The van der Waals surface area contributed by atoms with E-state index >= 15 is 0 Å². The lowest BCUT2D eigenvalue weighted by atomic mass is 9.70. The number of nitrogens with one attached hydrogen (secondary N) is 1. The molecule has 0 unspecified atom stereocenters. The average Bonchev–Trinajstić information content (AvgIpc) is 2.52. The molecule has 17 heavy (non-hydrogen) atoms. The summed E-state index contributed by atoms with van der Waals surface area (Å²) in [5.41, 5.74) is 3.63. The molecule has 0 bridgehead atoms. The highest BCUT2D eigenvalue weighted by molar-refractivity contribution is 7.71. The van der Waals surface area contributed by atoms with Gasteiger partial charge in [0.1, 0.15) is 0 Å². The van der Waals surface area contributed by atoms with Crippen LogP contribution < -0.4 is 0 Å². The maximum Gasteiger partial charge on any atom is 0.179 e. The zero-order chi connectivity index (χ0) is 12.0. The van der Waals surface area contributed by atoms with Crippen LogP contribution in [0.15, 0.2) is 12.3 Å². The number of hydrogen-bond acceptors (Lipinski definition) is 2. The van der Waals surface area contributed by atoms with Crippen LogP contribution in [0.3, 0.4) is 0 Å². The topological polar surface area (TPSA) is 33.6 Å². The van der Waals surface area contributed by atoms with Gasteiger partial charge in [0.05, 0.1) is 5.52 Å². The molecule has 90 valence electrons. The van der Waals surface area contributed by atoms with Crippen LogP contribution in [-0.4, -0.2) is 14.5 Å². The van der Waals surface area contributed by atoms with Crippen LogP contribution in [0.5, 0.6) is 0 Å². The van der Waals surface area contributed by atoms with Gasteiger partial charge >= 0.3 is 0 Å². The molecule has 4 heteroatoms. The van der Waals surface area contributed by atoms with Crippen LogP contribution in [0, 0.1) is 17.1 Å². The van der Waals surface area contributed by atoms with E-state index in [2.05, 4.69) is 27.5 Å². The van der Waals surface area contributed by atoms with E-state index in [1.54, 1.807) is 0 Å². The van der Waals surface area contributed by atoms with Crippen molar-refractivity contribution < 1.29 is 0 Å². The second-order valence-electron chi connectivity index (χ2n) is 5.56. The molecule has 1 N–H and O–H groups in total.